The second-order valence-corrected chi connectivity index (χ2v) is 6.27. The molecule has 1 aromatic carbocycles. The highest BCUT2D eigenvalue weighted by atomic mass is 16.5. The zero-order valence-electron chi connectivity index (χ0n) is 12.6. The molecular formula is C17H23N3O. The summed E-state index contributed by atoms with van der Waals surface area (Å²) >= 11 is 0. The number of hydrogen-bond donors (Lipinski definition) is 2. The summed E-state index contributed by atoms with van der Waals surface area (Å²) in [6.07, 6.45) is 2.52. The minimum Gasteiger partial charge on any atom is -0.486 e. The predicted molar refractivity (Wildman–Crippen MR) is 85.0 cm³/mol. The Bertz CT molecular complexity index is 641. The third kappa shape index (κ3) is 2.43. The van der Waals surface area contributed by atoms with Crippen LogP contribution in [0.25, 0.3) is 10.9 Å². The van der Waals surface area contributed by atoms with Crippen molar-refractivity contribution >= 4 is 10.9 Å². The fourth-order valence-corrected chi connectivity index (χ4v) is 3.65. The van der Waals surface area contributed by atoms with Crippen molar-refractivity contribution < 1.29 is 4.74 Å². The molecule has 0 radical (unpaired) electrons. The van der Waals surface area contributed by atoms with Crippen LogP contribution < -0.4 is 15.4 Å². The minimum atomic E-state index is 0.256. The van der Waals surface area contributed by atoms with Crippen LogP contribution >= 0.6 is 0 Å². The normalized spacial score (nSPS) is 25.6. The topological polar surface area (TPSA) is 38.2 Å². The molecule has 4 nitrogen and oxygen atoms in total. The third-order valence-corrected chi connectivity index (χ3v) is 4.67. The smallest absolute Gasteiger partial charge is 0.144 e. The van der Waals surface area contributed by atoms with Gasteiger partial charge < -0.3 is 19.9 Å². The van der Waals surface area contributed by atoms with Gasteiger partial charge in [-0.15, -0.1) is 0 Å². The van der Waals surface area contributed by atoms with Gasteiger partial charge in [-0.3, -0.25) is 0 Å². The highest BCUT2D eigenvalue weighted by Crippen LogP contribution is 2.34. The van der Waals surface area contributed by atoms with E-state index in [1.165, 1.54) is 23.0 Å². The summed E-state index contributed by atoms with van der Waals surface area (Å²) in [5.41, 5.74) is 2.59. The van der Waals surface area contributed by atoms with E-state index in [9.17, 15) is 0 Å². The lowest BCUT2D eigenvalue weighted by atomic mass is 10.1. The number of ether oxygens (including phenoxy) is 1. The van der Waals surface area contributed by atoms with Crippen LogP contribution in [0.4, 0.5) is 0 Å². The maximum atomic E-state index is 6.27. The molecule has 3 heterocycles. The number of nitrogens with one attached hydrogen (secondary N) is 2. The van der Waals surface area contributed by atoms with Crippen molar-refractivity contribution in [1.29, 1.82) is 0 Å². The monoisotopic (exact) mass is 285 g/mol. The summed E-state index contributed by atoms with van der Waals surface area (Å²) in [6, 6.07) is 9.13. The molecule has 2 unspecified atom stereocenters. The van der Waals surface area contributed by atoms with Gasteiger partial charge >= 0.3 is 0 Å². The molecule has 112 valence electrons. The molecule has 2 atom stereocenters. The summed E-state index contributed by atoms with van der Waals surface area (Å²) in [7, 11) is 0. The van der Waals surface area contributed by atoms with Crippen molar-refractivity contribution in [3.05, 3.63) is 30.0 Å². The van der Waals surface area contributed by atoms with Gasteiger partial charge in [0.15, 0.2) is 0 Å². The van der Waals surface area contributed by atoms with Gasteiger partial charge in [-0.1, -0.05) is 12.1 Å². The number of para-hydroxylation sites is 1. The molecule has 2 aliphatic rings. The van der Waals surface area contributed by atoms with E-state index >= 15 is 0 Å². The molecule has 2 aliphatic heterocycles. The van der Waals surface area contributed by atoms with Crippen LogP contribution in [0, 0.1) is 6.92 Å². The van der Waals surface area contributed by atoms with Gasteiger partial charge in [0.2, 0.25) is 0 Å². The first-order valence-corrected chi connectivity index (χ1v) is 8.01. The second kappa shape index (κ2) is 5.35. The molecule has 0 aliphatic carbocycles. The van der Waals surface area contributed by atoms with Gasteiger partial charge in [-0.25, -0.2) is 0 Å². The first-order valence-electron chi connectivity index (χ1n) is 8.01. The first-order chi connectivity index (χ1) is 10.3. The second-order valence-electron chi connectivity index (χ2n) is 6.27. The van der Waals surface area contributed by atoms with Crippen LogP contribution in [0.5, 0.6) is 5.75 Å². The Hall–Kier alpha value is -1.52. The molecule has 0 amide bonds. The molecule has 0 bridgehead atoms. The van der Waals surface area contributed by atoms with Gasteiger partial charge in [-0.2, -0.15) is 0 Å². The Morgan fingerprint density at radius 2 is 2.29 bits per heavy atom. The number of aromatic nitrogens is 1. The molecule has 1 fully saturated rings. The summed E-state index contributed by atoms with van der Waals surface area (Å²) in [5, 5.41) is 8.43. The molecule has 21 heavy (non-hydrogen) atoms. The molecule has 1 saturated heterocycles. The van der Waals surface area contributed by atoms with E-state index in [-0.39, 0.29) is 6.10 Å². The standard InChI is InChI=1S/C17H23N3O/c1-12-8-13-4-2-5-16-17(13)20(12)11-15(21-16)9-14-10-18-6-3-7-19-14/h2,4-5,8,14-15,18-19H,3,6-7,9-11H2,1H3. The van der Waals surface area contributed by atoms with E-state index < -0.39 is 0 Å². The van der Waals surface area contributed by atoms with E-state index in [1.807, 2.05) is 0 Å². The van der Waals surface area contributed by atoms with Crippen LogP contribution in [0.3, 0.4) is 0 Å². The SMILES string of the molecule is Cc1cc2cccc3c2n1CC(CC1CNCCCN1)O3. The van der Waals surface area contributed by atoms with Crippen molar-refractivity contribution in [3.63, 3.8) is 0 Å². The highest BCUT2D eigenvalue weighted by Gasteiger charge is 2.26. The summed E-state index contributed by atoms with van der Waals surface area (Å²) in [5.74, 6) is 1.04. The van der Waals surface area contributed by atoms with Crippen molar-refractivity contribution in [2.75, 3.05) is 19.6 Å². The van der Waals surface area contributed by atoms with E-state index in [4.69, 9.17) is 4.74 Å². The van der Waals surface area contributed by atoms with Crippen molar-refractivity contribution in [3.8, 4) is 5.75 Å². The van der Waals surface area contributed by atoms with Crippen LogP contribution in [0.2, 0.25) is 0 Å². The zero-order chi connectivity index (χ0) is 14.2. The fourth-order valence-electron chi connectivity index (χ4n) is 3.65. The predicted octanol–water partition coefficient (Wildman–Crippen LogP) is 2.05. The zero-order valence-corrected chi connectivity index (χ0v) is 12.6. The molecule has 0 spiro atoms. The lowest BCUT2D eigenvalue weighted by Crippen LogP contribution is -2.41. The lowest BCUT2D eigenvalue weighted by molar-refractivity contribution is 0.147. The largest absolute Gasteiger partial charge is 0.486 e. The maximum Gasteiger partial charge on any atom is 0.144 e. The summed E-state index contributed by atoms with van der Waals surface area (Å²) in [4.78, 5) is 0. The van der Waals surface area contributed by atoms with Gasteiger partial charge in [0.05, 0.1) is 12.1 Å². The van der Waals surface area contributed by atoms with E-state index in [1.54, 1.807) is 0 Å². The van der Waals surface area contributed by atoms with E-state index in [0.717, 1.165) is 38.3 Å². The number of rotatable bonds is 2. The third-order valence-electron chi connectivity index (χ3n) is 4.67. The Kier molecular flexibility index (Phi) is 3.36. The van der Waals surface area contributed by atoms with Crippen molar-refractivity contribution in [1.82, 2.24) is 15.2 Å². The Morgan fingerprint density at radius 1 is 1.33 bits per heavy atom. The summed E-state index contributed by atoms with van der Waals surface area (Å²) < 4.78 is 8.69. The van der Waals surface area contributed by atoms with Gasteiger partial charge in [0, 0.05) is 30.1 Å². The molecule has 2 N–H and O–H groups in total. The van der Waals surface area contributed by atoms with E-state index in [2.05, 4.69) is 46.4 Å². The lowest BCUT2D eigenvalue weighted by Gasteiger charge is -2.29. The Morgan fingerprint density at radius 3 is 3.24 bits per heavy atom. The average Bonchev–Trinajstić information content (AvgIpc) is 2.66. The van der Waals surface area contributed by atoms with E-state index in [0.29, 0.717) is 6.04 Å². The van der Waals surface area contributed by atoms with Crippen molar-refractivity contribution in [2.45, 2.75) is 38.5 Å². The Labute approximate surface area is 125 Å². The Balaban J connectivity index is 1.56. The van der Waals surface area contributed by atoms with Gasteiger partial charge in [0.25, 0.3) is 0 Å². The molecule has 0 saturated carbocycles. The molecule has 4 heteroatoms. The molecule has 4 rings (SSSR count). The number of aryl methyl sites for hydroxylation is 1. The van der Waals surface area contributed by atoms with Gasteiger partial charge in [0.1, 0.15) is 11.9 Å². The first kappa shape index (κ1) is 13.2. The molecule has 1 aromatic heterocycles. The summed E-state index contributed by atoms with van der Waals surface area (Å²) in [6.45, 7) is 6.42. The number of hydrogen-bond acceptors (Lipinski definition) is 3. The van der Waals surface area contributed by atoms with Crippen LogP contribution in [0.1, 0.15) is 18.5 Å². The fraction of sp³-hybridized carbons (Fsp3) is 0.529. The minimum absolute atomic E-state index is 0.256. The number of benzene rings is 1. The maximum absolute atomic E-state index is 6.27. The average molecular weight is 285 g/mol. The van der Waals surface area contributed by atoms with Gasteiger partial charge in [-0.05, 0) is 38.6 Å². The molecular weight excluding hydrogens is 262 g/mol. The van der Waals surface area contributed by atoms with Crippen LogP contribution in [-0.4, -0.2) is 36.3 Å². The van der Waals surface area contributed by atoms with Crippen molar-refractivity contribution in [2.24, 2.45) is 0 Å². The quantitative estimate of drug-likeness (QED) is 0.887. The molecule has 2 aromatic rings. The highest BCUT2D eigenvalue weighted by molar-refractivity contribution is 5.87. The van der Waals surface area contributed by atoms with Crippen LogP contribution in [0.15, 0.2) is 24.3 Å². The number of nitrogens with zero attached hydrogens (tertiary/aromatic N) is 1. The van der Waals surface area contributed by atoms with Crippen LogP contribution in [-0.2, 0) is 6.54 Å².